The van der Waals surface area contributed by atoms with Gasteiger partial charge in [0.05, 0.1) is 6.10 Å². The highest BCUT2D eigenvalue weighted by Crippen LogP contribution is 2.36. The average molecular weight is 353 g/mol. The Morgan fingerprint density at radius 3 is 2.67 bits per heavy atom. The number of aliphatic hydroxyl groups excluding tert-OH is 1. The normalized spacial score (nSPS) is 30.5. The smallest absolute Gasteiger partial charge is 0.0570 e. The van der Waals surface area contributed by atoms with Gasteiger partial charge in [0.15, 0.2) is 0 Å². The first-order valence-corrected chi connectivity index (χ1v) is 8.83. The molecule has 21 heavy (non-hydrogen) atoms. The third kappa shape index (κ3) is 3.50. The van der Waals surface area contributed by atoms with Crippen molar-refractivity contribution in [2.24, 2.45) is 0 Å². The number of hydrogen-bond acceptors (Lipinski definition) is 3. The highest BCUT2D eigenvalue weighted by Gasteiger charge is 2.39. The van der Waals surface area contributed by atoms with Gasteiger partial charge < -0.3 is 10.4 Å². The van der Waals surface area contributed by atoms with Crippen molar-refractivity contribution >= 4 is 15.9 Å². The molecule has 0 amide bonds. The van der Waals surface area contributed by atoms with Crippen LogP contribution in [0.3, 0.4) is 0 Å². The van der Waals surface area contributed by atoms with E-state index in [-0.39, 0.29) is 6.10 Å². The predicted octanol–water partition coefficient (Wildman–Crippen LogP) is 3.09. The molecule has 2 N–H and O–H groups in total. The third-order valence-electron chi connectivity index (χ3n) is 5.13. The summed E-state index contributed by atoms with van der Waals surface area (Å²) in [5.41, 5.74) is 1.34. The second-order valence-electron chi connectivity index (χ2n) is 6.43. The highest BCUT2D eigenvalue weighted by atomic mass is 79.9. The molecule has 0 aromatic heterocycles. The average Bonchev–Trinajstić information content (AvgIpc) is 2.71. The third-order valence-corrected chi connectivity index (χ3v) is 5.63. The van der Waals surface area contributed by atoms with Crippen molar-refractivity contribution in [1.29, 1.82) is 0 Å². The van der Waals surface area contributed by atoms with Crippen LogP contribution in [0, 0.1) is 0 Å². The Balaban J connectivity index is 1.61. The Morgan fingerprint density at radius 2 is 2.05 bits per heavy atom. The summed E-state index contributed by atoms with van der Waals surface area (Å²) in [4.78, 5) is 2.65. The molecule has 0 radical (unpaired) electrons. The van der Waals surface area contributed by atoms with Crippen molar-refractivity contribution in [3.05, 3.63) is 34.3 Å². The molecule has 1 aromatic carbocycles. The van der Waals surface area contributed by atoms with Crippen LogP contribution in [-0.4, -0.2) is 41.8 Å². The minimum atomic E-state index is -0.0658. The molecule has 3 nitrogen and oxygen atoms in total. The molecule has 0 spiro atoms. The minimum absolute atomic E-state index is 0.0658. The summed E-state index contributed by atoms with van der Waals surface area (Å²) >= 11 is 3.56. The number of halogens is 1. The number of rotatable bonds is 5. The van der Waals surface area contributed by atoms with Gasteiger partial charge in [0.2, 0.25) is 0 Å². The lowest BCUT2D eigenvalue weighted by Gasteiger charge is -2.37. The molecule has 1 aromatic rings. The van der Waals surface area contributed by atoms with E-state index in [4.69, 9.17) is 0 Å². The van der Waals surface area contributed by atoms with Crippen molar-refractivity contribution in [2.75, 3.05) is 13.6 Å². The fourth-order valence-corrected chi connectivity index (χ4v) is 4.51. The Morgan fingerprint density at radius 1 is 1.33 bits per heavy atom. The lowest BCUT2D eigenvalue weighted by Crippen LogP contribution is -2.45. The van der Waals surface area contributed by atoms with E-state index >= 15 is 0 Å². The van der Waals surface area contributed by atoms with Crippen molar-refractivity contribution in [3.63, 3.8) is 0 Å². The van der Waals surface area contributed by atoms with Crippen LogP contribution in [0.15, 0.2) is 28.7 Å². The maximum Gasteiger partial charge on any atom is 0.0570 e. The maximum absolute atomic E-state index is 9.90. The second kappa shape index (κ2) is 6.78. The molecule has 2 aliphatic heterocycles. The van der Waals surface area contributed by atoms with Crippen molar-refractivity contribution < 1.29 is 5.11 Å². The van der Waals surface area contributed by atoms with E-state index in [1.165, 1.54) is 18.4 Å². The molecular weight excluding hydrogens is 328 g/mol. The van der Waals surface area contributed by atoms with E-state index in [1.54, 1.807) is 0 Å². The van der Waals surface area contributed by atoms with Gasteiger partial charge in [-0.1, -0.05) is 28.1 Å². The number of benzene rings is 1. The Kier molecular flexibility index (Phi) is 4.99. The Hall–Kier alpha value is -0.420. The molecule has 3 unspecified atom stereocenters. The summed E-state index contributed by atoms with van der Waals surface area (Å²) in [5.74, 6) is 0. The van der Waals surface area contributed by atoms with Crippen LogP contribution in [0.5, 0.6) is 0 Å². The van der Waals surface area contributed by atoms with E-state index in [2.05, 4.69) is 50.4 Å². The SMILES string of the molecule is CNC(CCN1C2CCC1CC(O)C2)c1cccc(Br)c1. The molecule has 4 heteroatoms. The van der Waals surface area contributed by atoms with Gasteiger partial charge in [0.25, 0.3) is 0 Å². The summed E-state index contributed by atoms with van der Waals surface area (Å²) < 4.78 is 1.14. The quantitative estimate of drug-likeness (QED) is 0.854. The second-order valence-corrected chi connectivity index (χ2v) is 7.35. The van der Waals surface area contributed by atoms with Crippen LogP contribution in [0.4, 0.5) is 0 Å². The molecule has 0 aliphatic carbocycles. The van der Waals surface area contributed by atoms with Gasteiger partial charge in [-0.05, 0) is 56.8 Å². The Labute approximate surface area is 135 Å². The lowest BCUT2D eigenvalue weighted by molar-refractivity contribution is 0.0336. The molecule has 2 fully saturated rings. The van der Waals surface area contributed by atoms with Gasteiger partial charge in [0, 0.05) is 29.1 Å². The van der Waals surface area contributed by atoms with Crippen molar-refractivity contribution in [3.8, 4) is 0 Å². The number of nitrogens with zero attached hydrogens (tertiary/aromatic N) is 1. The highest BCUT2D eigenvalue weighted by molar-refractivity contribution is 9.10. The molecular formula is C17H25BrN2O. The standard InChI is InChI=1S/C17H25BrN2O/c1-19-17(12-3-2-4-13(18)9-12)7-8-20-14-5-6-15(20)11-16(21)10-14/h2-4,9,14-17,19,21H,5-8,10-11H2,1H3. The first-order valence-electron chi connectivity index (χ1n) is 8.04. The molecule has 0 saturated carbocycles. The van der Waals surface area contributed by atoms with Gasteiger partial charge in [-0.3, -0.25) is 4.90 Å². The van der Waals surface area contributed by atoms with Crippen molar-refractivity contribution in [2.45, 2.75) is 56.3 Å². The number of nitrogens with one attached hydrogen (secondary N) is 1. The van der Waals surface area contributed by atoms with Crippen LogP contribution in [0.25, 0.3) is 0 Å². The summed E-state index contributed by atoms with van der Waals surface area (Å²) in [6.07, 6.45) is 5.53. The molecule has 2 saturated heterocycles. The van der Waals surface area contributed by atoms with E-state index in [0.29, 0.717) is 18.1 Å². The number of aliphatic hydroxyl groups is 1. The fraction of sp³-hybridized carbons (Fsp3) is 0.647. The zero-order chi connectivity index (χ0) is 14.8. The van der Waals surface area contributed by atoms with E-state index in [9.17, 15) is 5.11 Å². The first kappa shape index (κ1) is 15.5. The summed E-state index contributed by atoms with van der Waals surface area (Å²) in [5, 5.41) is 13.3. The molecule has 2 aliphatic rings. The van der Waals surface area contributed by atoms with Crippen LogP contribution in [0.1, 0.15) is 43.7 Å². The minimum Gasteiger partial charge on any atom is -0.393 e. The monoisotopic (exact) mass is 352 g/mol. The van der Waals surface area contributed by atoms with Crippen LogP contribution in [-0.2, 0) is 0 Å². The van der Waals surface area contributed by atoms with Crippen LogP contribution >= 0.6 is 15.9 Å². The molecule has 2 bridgehead atoms. The summed E-state index contributed by atoms with van der Waals surface area (Å²) in [6, 6.07) is 10.2. The van der Waals surface area contributed by atoms with Crippen molar-refractivity contribution in [1.82, 2.24) is 10.2 Å². The molecule has 3 atom stereocenters. The number of fused-ring (bicyclic) bond motifs is 2. The molecule has 2 heterocycles. The van der Waals surface area contributed by atoms with E-state index in [1.807, 2.05) is 7.05 Å². The fourth-order valence-electron chi connectivity index (χ4n) is 4.09. The largest absolute Gasteiger partial charge is 0.393 e. The Bertz CT molecular complexity index is 468. The van der Waals surface area contributed by atoms with E-state index < -0.39 is 0 Å². The topological polar surface area (TPSA) is 35.5 Å². The number of hydrogen-bond donors (Lipinski definition) is 2. The van der Waals surface area contributed by atoms with Gasteiger partial charge in [-0.25, -0.2) is 0 Å². The van der Waals surface area contributed by atoms with Gasteiger partial charge in [-0.15, -0.1) is 0 Å². The maximum atomic E-state index is 9.90. The zero-order valence-electron chi connectivity index (χ0n) is 12.6. The van der Waals surface area contributed by atoms with Crippen LogP contribution in [0.2, 0.25) is 0 Å². The number of piperidine rings is 1. The predicted molar refractivity (Wildman–Crippen MR) is 89.3 cm³/mol. The lowest BCUT2D eigenvalue weighted by atomic mass is 9.98. The summed E-state index contributed by atoms with van der Waals surface area (Å²) in [6.45, 7) is 1.13. The summed E-state index contributed by atoms with van der Waals surface area (Å²) in [7, 11) is 2.04. The molecule has 116 valence electrons. The first-order chi connectivity index (χ1) is 10.2. The van der Waals surface area contributed by atoms with Crippen LogP contribution < -0.4 is 5.32 Å². The van der Waals surface area contributed by atoms with Gasteiger partial charge >= 0.3 is 0 Å². The van der Waals surface area contributed by atoms with Gasteiger partial charge in [-0.2, -0.15) is 0 Å². The van der Waals surface area contributed by atoms with Gasteiger partial charge in [0.1, 0.15) is 0 Å². The zero-order valence-corrected chi connectivity index (χ0v) is 14.2. The molecule has 3 rings (SSSR count). The van der Waals surface area contributed by atoms with E-state index in [0.717, 1.165) is 30.3 Å².